The van der Waals surface area contributed by atoms with Gasteiger partial charge in [-0.2, -0.15) is 24.9 Å². The van der Waals surface area contributed by atoms with E-state index in [0.29, 0.717) is 11.3 Å². The molecule has 0 saturated carbocycles. The highest BCUT2D eigenvalue weighted by Gasteiger charge is 2.30. The van der Waals surface area contributed by atoms with E-state index >= 15 is 0 Å². The molecular weight excluding hydrogens is 275 g/mol. The van der Waals surface area contributed by atoms with Gasteiger partial charge in [0.25, 0.3) is 0 Å². The molecule has 0 aliphatic heterocycles. The van der Waals surface area contributed by atoms with Crippen LogP contribution in [0.2, 0.25) is 0 Å². The number of aliphatic hydroxyl groups excluding tert-OH is 1. The lowest BCUT2D eigenvalue weighted by Crippen LogP contribution is -2.15. The third-order valence-electron chi connectivity index (χ3n) is 2.68. The smallest absolute Gasteiger partial charge is 0.396 e. The standard InChI is InChI=1S/C13H18F3NOS/c1-9(6-18)7-19-8-12(17)10-2-4-11(5-3-10)13(14,15)16/h2-5,9,12,18H,6-8,17H2,1H3. The number of aliphatic hydroxyl groups is 1. The Hall–Kier alpha value is -0.720. The van der Waals surface area contributed by atoms with Gasteiger partial charge in [-0.25, -0.2) is 0 Å². The van der Waals surface area contributed by atoms with Crippen molar-refractivity contribution in [2.45, 2.75) is 19.1 Å². The van der Waals surface area contributed by atoms with Crippen LogP contribution in [0, 0.1) is 5.92 Å². The van der Waals surface area contributed by atoms with Crippen LogP contribution in [0.25, 0.3) is 0 Å². The van der Waals surface area contributed by atoms with Crippen molar-refractivity contribution in [1.29, 1.82) is 0 Å². The van der Waals surface area contributed by atoms with Gasteiger partial charge >= 0.3 is 6.18 Å². The van der Waals surface area contributed by atoms with Gasteiger partial charge in [0, 0.05) is 18.4 Å². The second kappa shape index (κ2) is 7.17. The highest BCUT2D eigenvalue weighted by atomic mass is 32.2. The van der Waals surface area contributed by atoms with Gasteiger partial charge in [-0.05, 0) is 29.4 Å². The van der Waals surface area contributed by atoms with Gasteiger partial charge in [-0.3, -0.25) is 0 Å². The predicted molar refractivity (Wildman–Crippen MR) is 71.9 cm³/mol. The third kappa shape index (κ3) is 5.42. The second-order valence-corrected chi connectivity index (χ2v) is 5.63. The fourth-order valence-corrected chi connectivity index (χ4v) is 2.55. The van der Waals surface area contributed by atoms with E-state index in [-0.39, 0.29) is 18.6 Å². The minimum atomic E-state index is -4.31. The van der Waals surface area contributed by atoms with Gasteiger partial charge in [-0.15, -0.1) is 0 Å². The van der Waals surface area contributed by atoms with E-state index in [0.717, 1.165) is 17.9 Å². The lowest BCUT2D eigenvalue weighted by Gasteiger charge is -2.14. The van der Waals surface area contributed by atoms with Crippen LogP contribution in [-0.2, 0) is 6.18 Å². The molecule has 2 unspecified atom stereocenters. The molecule has 2 nitrogen and oxygen atoms in total. The van der Waals surface area contributed by atoms with Crippen molar-refractivity contribution in [2.75, 3.05) is 18.1 Å². The van der Waals surface area contributed by atoms with Crippen LogP contribution in [0.3, 0.4) is 0 Å². The maximum Gasteiger partial charge on any atom is 0.416 e. The summed E-state index contributed by atoms with van der Waals surface area (Å²) < 4.78 is 37.2. The minimum absolute atomic E-state index is 0.127. The summed E-state index contributed by atoms with van der Waals surface area (Å²) in [5.41, 5.74) is 5.95. The van der Waals surface area contributed by atoms with Gasteiger partial charge in [0.15, 0.2) is 0 Å². The fourth-order valence-electron chi connectivity index (χ4n) is 1.46. The molecule has 0 bridgehead atoms. The van der Waals surface area contributed by atoms with Gasteiger partial charge in [-0.1, -0.05) is 19.1 Å². The first-order valence-corrected chi connectivity index (χ1v) is 7.11. The number of alkyl halides is 3. The maximum absolute atomic E-state index is 12.4. The molecule has 0 aliphatic carbocycles. The van der Waals surface area contributed by atoms with Crippen molar-refractivity contribution in [3.63, 3.8) is 0 Å². The second-order valence-electron chi connectivity index (χ2n) is 4.55. The molecular formula is C13H18F3NOS. The first-order valence-electron chi connectivity index (χ1n) is 5.96. The summed E-state index contributed by atoms with van der Waals surface area (Å²) in [5.74, 6) is 1.60. The molecule has 1 aromatic carbocycles. The quantitative estimate of drug-likeness (QED) is 0.847. The van der Waals surface area contributed by atoms with Gasteiger partial charge in [0.2, 0.25) is 0 Å². The molecule has 2 atom stereocenters. The molecule has 0 heterocycles. The van der Waals surface area contributed by atoms with Crippen molar-refractivity contribution >= 4 is 11.8 Å². The normalized spacial score (nSPS) is 15.3. The molecule has 108 valence electrons. The SMILES string of the molecule is CC(CO)CSCC(N)c1ccc(C(F)(F)F)cc1. The van der Waals surface area contributed by atoms with E-state index in [9.17, 15) is 13.2 Å². The lowest BCUT2D eigenvalue weighted by molar-refractivity contribution is -0.137. The molecule has 0 saturated heterocycles. The van der Waals surface area contributed by atoms with Crippen molar-refractivity contribution in [3.8, 4) is 0 Å². The monoisotopic (exact) mass is 293 g/mol. The summed E-state index contributed by atoms with van der Waals surface area (Å²) in [7, 11) is 0. The lowest BCUT2D eigenvalue weighted by atomic mass is 10.1. The van der Waals surface area contributed by atoms with E-state index in [1.807, 2.05) is 6.92 Å². The van der Waals surface area contributed by atoms with Crippen molar-refractivity contribution in [1.82, 2.24) is 0 Å². The Bertz CT molecular complexity index is 380. The summed E-state index contributed by atoms with van der Waals surface area (Å²) in [5, 5.41) is 8.87. The number of hydrogen-bond donors (Lipinski definition) is 2. The summed E-state index contributed by atoms with van der Waals surface area (Å²) in [6.45, 7) is 2.05. The number of thioether (sulfide) groups is 1. The molecule has 0 radical (unpaired) electrons. The molecule has 1 aromatic rings. The number of halogens is 3. The number of nitrogens with two attached hydrogens (primary N) is 1. The molecule has 0 spiro atoms. The maximum atomic E-state index is 12.4. The summed E-state index contributed by atoms with van der Waals surface area (Å²) >= 11 is 1.59. The topological polar surface area (TPSA) is 46.2 Å². The molecule has 0 aliphatic rings. The van der Waals surface area contributed by atoms with E-state index in [4.69, 9.17) is 10.8 Å². The highest BCUT2D eigenvalue weighted by Crippen LogP contribution is 2.30. The van der Waals surface area contributed by atoms with Crippen LogP contribution < -0.4 is 5.73 Å². The van der Waals surface area contributed by atoms with Crippen LogP contribution >= 0.6 is 11.8 Å². The largest absolute Gasteiger partial charge is 0.416 e. The average molecular weight is 293 g/mol. The molecule has 19 heavy (non-hydrogen) atoms. The molecule has 0 amide bonds. The van der Waals surface area contributed by atoms with E-state index in [1.54, 1.807) is 11.8 Å². The zero-order valence-electron chi connectivity index (χ0n) is 10.7. The van der Waals surface area contributed by atoms with Crippen molar-refractivity contribution < 1.29 is 18.3 Å². The van der Waals surface area contributed by atoms with Crippen LogP contribution in [0.15, 0.2) is 24.3 Å². The van der Waals surface area contributed by atoms with Crippen molar-refractivity contribution in [3.05, 3.63) is 35.4 Å². The van der Waals surface area contributed by atoms with E-state index in [1.165, 1.54) is 12.1 Å². The summed E-state index contributed by atoms with van der Waals surface area (Å²) in [4.78, 5) is 0. The number of hydrogen-bond acceptors (Lipinski definition) is 3. The van der Waals surface area contributed by atoms with E-state index < -0.39 is 11.7 Å². The van der Waals surface area contributed by atoms with E-state index in [2.05, 4.69) is 0 Å². The molecule has 1 rings (SSSR count). The van der Waals surface area contributed by atoms with Crippen LogP contribution in [-0.4, -0.2) is 23.2 Å². The zero-order chi connectivity index (χ0) is 14.5. The Balaban J connectivity index is 2.51. The van der Waals surface area contributed by atoms with Gasteiger partial charge in [0.1, 0.15) is 0 Å². The van der Waals surface area contributed by atoms with Gasteiger partial charge in [0.05, 0.1) is 5.56 Å². The zero-order valence-corrected chi connectivity index (χ0v) is 11.5. The highest BCUT2D eigenvalue weighted by molar-refractivity contribution is 7.99. The molecule has 0 aromatic heterocycles. The Kier molecular flexibility index (Phi) is 6.16. The Morgan fingerprint density at radius 1 is 1.21 bits per heavy atom. The first kappa shape index (κ1) is 16.3. The third-order valence-corrected chi connectivity index (χ3v) is 4.08. The van der Waals surface area contributed by atoms with Crippen LogP contribution in [0.5, 0.6) is 0 Å². The Morgan fingerprint density at radius 2 is 1.79 bits per heavy atom. The van der Waals surface area contributed by atoms with Crippen LogP contribution in [0.4, 0.5) is 13.2 Å². The summed E-state index contributed by atoms with van der Waals surface area (Å²) in [6.07, 6.45) is -4.31. The first-order chi connectivity index (χ1) is 8.84. The minimum Gasteiger partial charge on any atom is -0.396 e. The Labute approximate surface area is 115 Å². The number of rotatable bonds is 6. The van der Waals surface area contributed by atoms with Crippen molar-refractivity contribution in [2.24, 2.45) is 11.7 Å². The fraction of sp³-hybridized carbons (Fsp3) is 0.538. The molecule has 6 heteroatoms. The molecule has 0 fully saturated rings. The number of benzene rings is 1. The average Bonchev–Trinajstić information content (AvgIpc) is 2.37. The Morgan fingerprint density at radius 3 is 2.26 bits per heavy atom. The summed E-state index contributed by atoms with van der Waals surface area (Å²) in [6, 6.07) is 4.65. The van der Waals surface area contributed by atoms with Gasteiger partial charge < -0.3 is 10.8 Å². The molecule has 3 N–H and O–H groups in total. The van der Waals surface area contributed by atoms with Crippen LogP contribution in [0.1, 0.15) is 24.1 Å². The predicted octanol–water partition coefficient (Wildman–Crippen LogP) is 3.07.